The lowest BCUT2D eigenvalue weighted by atomic mass is 10.1. The van der Waals surface area contributed by atoms with Gasteiger partial charge in [-0.2, -0.15) is 0 Å². The Balaban J connectivity index is 1.85. The second kappa shape index (κ2) is 8.85. The maximum absolute atomic E-state index is 12.4. The third-order valence-electron chi connectivity index (χ3n) is 4.74. The van der Waals surface area contributed by atoms with Gasteiger partial charge in [-0.1, -0.05) is 17.7 Å². The molecule has 0 aliphatic carbocycles. The van der Waals surface area contributed by atoms with E-state index in [4.69, 9.17) is 9.84 Å². The molecule has 1 amide bonds. The summed E-state index contributed by atoms with van der Waals surface area (Å²) in [6, 6.07) is 6.11. The Morgan fingerprint density at radius 1 is 1.28 bits per heavy atom. The Kier molecular flexibility index (Phi) is 6.82. The van der Waals surface area contributed by atoms with Crippen LogP contribution in [0.5, 0.6) is 5.75 Å². The largest absolute Gasteiger partial charge is 0.484 e. The fourth-order valence-electron chi connectivity index (χ4n) is 3.30. The van der Waals surface area contributed by atoms with E-state index in [1.165, 1.54) is 5.56 Å². The summed E-state index contributed by atoms with van der Waals surface area (Å²) < 4.78 is 5.70. The first-order valence-corrected chi connectivity index (χ1v) is 8.76. The number of carbonyl (C=O) groups excluding carboxylic acids is 1. The van der Waals surface area contributed by atoms with Crippen LogP contribution >= 0.6 is 0 Å². The highest BCUT2D eigenvalue weighted by atomic mass is 16.5. The van der Waals surface area contributed by atoms with Crippen LogP contribution in [0, 0.1) is 13.8 Å². The summed E-state index contributed by atoms with van der Waals surface area (Å²) in [4.78, 5) is 27.0. The lowest BCUT2D eigenvalue weighted by molar-refractivity contribution is -0.138. The number of amides is 1. The van der Waals surface area contributed by atoms with Crippen molar-refractivity contribution in [3.63, 3.8) is 0 Å². The van der Waals surface area contributed by atoms with Gasteiger partial charge in [0.25, 0.3) is 5.91 Å². The van der Waals surface area contributed by atoms with Crippen LogP contribution in [0.2, 0.25) is 0 Å². The molecule has 1 aromatic rings. The highest BCUT2D eigenvalue weighted by Gasteiger charge is 2.24. The van der Waals surface area contributed by atoms with Crippen LogP contribution in [-0.2, 0) is 9.59 Å². The normalized spacial score (nSPS) is 18.1. The molecular formula is C19H28N2O4. The van der Waals surface area contributed by atoms with Crippen LogP contribution in [0.25, 0.3) is 0 Å². The van der Waals surface area contributed by atoms with Crippen molar-refractivity contribution < 1.29 is 19.4 Å². The van der Waals surface area contributed by atoms with Crippen molar-refractivity contribution in [2.24, 2.45) is 0 Å². The molecule has 1 aliphatic rings. The zero-order valence-electron chi connectivity index (χ0n) is 15.3. The average Bonchev–Trinajstić information content (AvgIpc) is 2.79. The summed E-state index contributed by atoms with van der Waals surface area (Å²) in [5.74, 6) is -0.0871. The summed E-state index contributed by atoms with van der Waals surface area (Å²) in [7, 11) is 1.83. The summed E-state index contributed by atoms with van der Waals surface area (Å²) in [6.45, 7) is 5.42. The lowest BCUT2D eigenvalue weighted by Crippen LogP contribution is -2.38. The van der Waals surface area contributed by atoms with E-state index in [1.54, 1.807) is 0 Å². The van der Waals surface area contributed by atoms with Crippen LogP contribution < -0.4 is 4.74 Å². The molecule has 0 unspecified atom stereocenters. The molecule has 1 N–H and O–H groups in total. The number of likely N-dealkylation sites (N-methyl/N-ethyl adjacent to an activating group) is 1. The zero-order valence-corrected chi connectivity index (χ0v) is 15.3. The van der Waals surface area contributed by atoms with Crippen molar-refractivity contribution >= 4 is 11.9 Å². The van der Waals surface area contributed by atoms with Crippen LogP contribution in [0.1, 0.15) is 30.4 Å². The molecule has 1 heterocycles. The van der Waals surface area contributed by atoms with Gasteiger partial charge in [0.1, 0.15) is 5.75 Å². The molecule has 138 valence electrons. The van der Waals surface area contributed by atoms with E-state index in [0.29, 0.717) is 13.1 Å². The molecule has 0 bridgehead atoms. The summed E-state index contributed by atoms with van der Waals surface area (Å²) in [6.07, 6.45) is 2.58. The van der Waals surface area contributed by atoms with Gasteiger partial charge in [0, 0.05) is 19.1 Å². The summed E-state index contributed by atoms with van der Waals surface area (Å²) >= 11 is 0. The molecule has 0 saturated carbocycles. The standard InChI is InChI=1S/C19H28N2O4/c1-14-6-7-17(15(2)11-14)25-13-18(22)21-9-4-5-16(8-10-21)20(3)12-19(23)24/h6-7,11,16H,4-5,8-10,12-13H2,1-3H3,(H,23,24)/t16-/m1/s1. The van der Waals surface area contributed by atoms with E-state index < -0.39 is 5.97 Å². The van der Waals surface area contributed by atoms with Crippen molar-refractivity contribution in [3.05, 3.63) is 29.3 Å². The van der Waals surface area contributed by atoms with Crippen molar-refractivity contribution in [3.8, 4) is 5.75 Å². The van der Waals surface area contributed by atoms with E-state index in [2.05, 4.69) is 0 Å². The van der Waals surface area contributed by atoms with Gasteiger partial charge in [-0.3, -0.25) is 14.5 Å². The summed E-state index contributed by atoms with van der Waals surface area (Å²) in [5.41, 5.74) is 2.19. The minimum Gasteiger partial charge on any atom is -0.484 e. The number of ether oxygens (including phenoxy) is 1. The van der Waals surface area contributed by atoms with Crippen molar-refractivity contribution in [2.75, 3.05) is 33.3 Å². The number of hydrogen-bond acceptors (Lipinski definition) is 4. The molecule has 2 rings (SSSR count). The third-order valence-corrected chi connectivity index (χ3v) is 4.74. The number of carboxylic acids is 1. The van der Waals surface area contributed by atoms with E-state index >= 15 is 0 Å². The zero-order chi connectivity index (χ0) is 18.4. The average molecular weight is 348 g/mol. The molecule has 0 spiro atoms. The number of benzene rings is 1. The highest BCUT2D eigenvalue weighted by Crippen LogP contribution is 2.19. The first-order valence-electron chi connectivity index (χ1n) is 8.76. The molecule has 6 heteroatoms. The molecule has 25 heavy (non-hydrogen) atoms. The van der Waals surface area contributed by atoms with Crippen LogP contribution in [0.15, 0.2) is 18.2 Å². The highest BCUT2D eigenvalue weighted by molar-refractivity contribution is 5.77. The minimum absolute atomic E-state index is 0.0125. The third kappa shape index (κ3) is 5.74. The fraction of sp³-hybridized carbons (Fsp3) is 0.579. The predicted octanol–water partition coefficient (Wildman–Crippen LogP) is 2.08. The number of likely N-dealkylation sites (tertiary alicyclic amines) is 1. The number of hydrogen-bond donors (Lipinski definition) is 1. The molecular weight excluding hydrogens is 320 g/mol. The Labute approximate surface area is 149 Å². The molecule has 1 aliphatic heterocycles. The molecule has 1 atom stereocenters. The Morgan fingerprint density at radius 3 is 2.72 bits per heavy atom. The fourth-order valence-corrected chi connectivity index (χ4v) is 3.30. The molecule has 0 radical (unpaired) electrons. The predicted molar refractivity (Wildman–Crippen MR) is 95.9 cm³/mol. The number of aryl methyl sites for hydroxylation is 2. The molecule has 1 saturated heterocycles. The number of carboxylic acid groups (broad SMARTS) is 1. The maximum Gasteiger partial charge on any atom is 0.317 e. The number of nitrogens with zero attached hydrogens (tertiary/aromatic N) is 2. The maximum atomic E-state index is 12.4. The van der Waals surface area contributed by atoms with Gasteiger partial charge in [-0.15, -0.1) is 0 Å². The smallest absolute Gasteiger partial charge is 0.317 e. The van der Waals surface area contributed by atoms with E-state index in [0.717, 1.165) is 30.6 Å². The lowest BCUT2D eigenvalue weighted by Gasteiger charge is -2.25. The van der Waals surface area contributed by atoms with Gasteiger partial charge < -0.3 is 14.7 Å². The summed E-state index contributed by atoms with van der Waals surface area (Å²) in [5, 5.41) is 8.92. The van der Waals surface area contributed by atoms with Crippen LogP contribution in [-0.4, -0.2) is 66.1 Å². The molecule has 6 nitrogen and oxygen atoms in total. The van der Waals surface area contributed by atoms with Gasteiger partial charge in [0.2, 0.25) is 0 Å². The minimum atomic E-state index is -0.818. The number of rotatable bonds is 6. The van der Waals surface area contributed by atoms with Crippen molar-refractivity contribution in [1.82, 2.24) is 9.80 Å². The van der Waals surface area contributed by atoms with Crippen molar-refractivity contribution in [1.29, 1.82) is 0 Å². The van der Waals surface area contributed by atoms with Gasteiger partial charge >= 0.3 is 5.97 Å². The second-order valence-electron chi connectivity index (χ2n) is 6.83. The SMILES string of the molecule is Cc1ccc(OCC(=O)N2CCC[C@@H](N(C)CC(=O)O)CC2)c(C)c1. The van der Waals surface area contributed by atoms with Gasteiger partial charge in [0.15, 0.2) is 6.61 Å². The first-order chi connectivity index (χ1) is 11.9. The monoisotopic (exact) mass is 348 g/mol. The van der Waals surface area contributed by atoms with Crippen molar-refractivity contribution in [2.45, 2.75) is 39.2 Å². The quantitative estimate of drug-likeness (QED) is 0.852. The van der Waals surface area contributed by atoms with Gasteiger partial charge in [-0.25, -0.2) is 0 Å². The van der Waals surface area contributed by atoms with Gasteiger partial charge in [-0.05, 0) is 51.8 Å². The van der Waals surface area contributed by atoms with E-state index in [-0.39, 0.29) is 25.1 Å². The Bertz CT molecular complexity index is 617. The van der Waals surface area contributed by atoms with Crippen LogP contribution in [0.4, 0.5) is 0 Å². The molecule has 1 aromatic carbocycles. The second-order valence-corrected chi connectivity index (χ2v) is 6.83. The Hall–Kier alpha value is -2.08. The topological polar surface area (TPSA) is 70.1 Å². The molecule has 0 aromatic heterocycles. The van der Waals surface area contributed by atoms with E-state index in [1.807, 2.05) is 48.9 Å². The Morgan fingerprint density at radius 2 is 2.04 bits per heavy atom. The number of aliphatic carboxylic acids is 1. The molecule has 1 fully saturated rings. The van der Waals surface area contributed by atoms with E-state index in [9.17, 15) is 9.59 Å². The van der Waals surface area contributed by atoms with Crippen LogP contribution in [0.3, 0.4) is 0 Å². The van der Waals surface area contributed by atoms with Gasteiger partial charge in [0.05, 0.1) is 6.54 Å². The number of carbonyl (C=O) groups is 2. The first kappa shape index (κ1) is 19.2.